The molecule has 0 radical (unpaired) electrons. The highest BCUT2D eigenvalue weighted by molar-refractivity contribution is 5.83. The fourth-order valence-corrected chi connectivity index (χ4v) is 5.08. The van der Waals surface area contributed by atoms with E-state index in [1.54, 1.807) is 0 Å². The molecule has 23 heteroatoms. The van der Waals surface area contributed by atoms with Gasteiger partial charge in [-0.3, -0.25) is 38.7 Å². The largest absolute Gasteiger partial charge is 0.480 e. The number of aliphatic hydroxyl groups is 10. The van der Waals surface area contributed by atoms with Crippen LogP contribution in [0.5, 0.6) is 0 Å². The molecular weight excluding hydrogens is 694 g/mol. The van der Waals surface area contributed by atoms with Crippen molar-refractivity contribution in [2.24, 2.45) is 0 Å². The van der Waals surface area contributed by atoms with Crippen molar-refractivity contribution in [3.8, 4) is 0 Å². The molecule has 0 bridgehead atoms. The van der Waals surface area contributed by atoms with Crippen molar-refractivity contribution in [3.05, 3.63) is 0 Å². The van der Waals surface area contributed by atoms with E-state index in [9.17, 15) is 80.1 Å². The summed E-state index contributed by atoms with van der Waals surface area (Å²) in [5.74, 6) is -6.03. The van der Waals surface area contributed by atoms with Gasteiger partial charge in [-0.1, -0.05) is 0 Å². The number of likely N-dealkylation sites (N-methyl/N-ethyl adjacent to an activating group) is 2. The van der Waals surface area contributed by atoms with Crippen LogP contribution in [-0.2, 0) is 24.0 Å². The Kier molecular flexibility index (Phi) is 22.6. The van der Waals surface area contributed by atoms with Crippen LogP contribution in [0.4, 0.5) is 0 Å². The summed E-state index contributed by atoms with van der Waals surface area (Å²) in [4.78, 5) is 64.1. The lowest BCUT2D eigenvalue weighted by Crippen LogP contribution is -2.55. The molecule has 51 heavy (non-hydrogen) atoms. The van der Waals surface area contributed by atoms with Crippen LogP contribution in [0.1, 0.15) is 12.8 Å². The van der Waals surface area contributed by atoms with Crippen molar-refractivity contribution < 1.29 is 90.4 Å². The van der Waals surface area contributed by atoms with E-state index in [1.165, 1.54) is 19.0 Å². The Hall–Kier alpha value is -3.17. The van der Waals surface area contributed by atoms with Crippen LogP contribution in [0.15, 0.2) is 0 Å². The molecule has 0 heterocycles. The van der Waals surface area contributed by atoms with Crippen molar-refractivity contribution >= 4 is 29.7 Å². The summed E-state index contributed by atoms with van der Waals surface area (Å²) in [5.41, 5.74) is 0. The molecule has 0 saturated carbocycles. The van der Waals surface area contributed by atoms with Gasteiger partial charge in [0.1, 0.15) is 36.6 Å². The molecule has 0 aliphatic rings. The molecule has 10 unspecified atom stereocenters. The maximum absolute atomic E-state index is 12.8. The van der Waals surface area contributed by atoms with Crippen LogP contribution in [0.25, 0.3) is 0 Å². The first-order chi connectivity index (χ1) is 23.7. The highest BCUT2D eigenvalue weighted by Gasteiger charge is 2.38. The first-order valence-corrected chi connectivity index (χ1v) is 15.7. The third kappa shape index (κ3) is 16.8. The molecule has 10 atom stereocenters. The van der Waals surface area contributed by atoms with Crippen LogP contribution >= 0.6 is 0 Å². The summed E-state index contributed by atoms with van der Waals surface area (Å²) in [6.07, 6.45) is -17.3. The molecule has 0 rings (SSSR count). The molecule has 298 valence electrons. The zero-order valence-electron chi connectivity index (χ0n) is 28.2. The number of nitrogens with zero attached hydrogens (tertiary/aromatic N) is 3. The SMILES string of the molecule is CNC(=O)C(CC(O)C(O)C(O)C(O)CO)N(CCN(CCN(CC(=O)O)C(CC(O)C(O)C(O)C(O)CO)C(=O)NC)CC(=O)O)CC(=O)O. The van der Waals surface area contributed by atoms with Crippen molar-refractivity contribution in [3.63, 3.8) is 0 Å². The number of carbonyl (C=O) groups is 5. The first kappa shape index (κ1) is 47.8. The lowest BCUT2D eigenvalue weighted by Gasteiger charge is -2.35. The average Bonchev–Trinajstić information content (AvgIpc) is 3.09. The summed E-state index contributed by atoms with van der Waals surface area (Å²) < 4.78 is 0. The zero-order chi connectivity index (χ0) is 39.6. The molecule has 23 nitrogen and oxygen atoms in total. The molecule has 0 aromatic rings. The Morgan fingerprint density at radius 1 is 0.490 bits per heavy atom. The van der Waals surface area contributed by atoms with E-state index in [-0.39, 0.29) is 13.1 Å². The summed E-state index contributed by atoms with van der Waals surface area (Å²) in [6, 6.07) is -3.04. The van der Waals surface area contributed by atoms with E-state index in [0.29, 0.717) is 0 Å². The number of aliphatic carboxylic acids is 3. The number of hydrogen-bond acceptors (Lipinski definition) is 18. The number of aliphatic hydroxyl groups excluding tert-OH is 10. The van der Waals surface area contributed by atoms with E-state index < -0.39 is 149 Å². The molecule has 2 amide bonds. The fraction of sp³-hybridized carbons (Fsp3) is 0.821. The van der Waals surface area contributed by atoms with Gasteiger partial charge in [-0.05, 0) is 0 Å². The van der Waals surface area contributed by atoms with Gasteiger partial charge in [0.05, 0.1) is 57.1 Å². The van der Waals surface area contributed by atoms with Gasteiger partial charge in [0.25, 0.3) is 0 Å². The van der Waals surface area contributed by atoms with Gasteiger partial charge in [0, 0.05) is 53.1 Å². The Morgan fingerprint density at radius 2 is 0.784 bits per heavy atom. The van der Waals surface area contributed by atoms with E-state index >= 15 is 0 Å². The van der Waals surface area contributed by atoms with Crippen LogP contribution in [0.2, 0.25) is 0 Å². The summed E-state index contributed by atoms with van der Waals surface area (Å²) in [7, 11) is 2.37. The third-order valence-corrected chi connectivity index (χ3v) is 8.00. The van der Waals surface area contributed by atoms with E-state index in [0.717, 1.165) is 9.80 Å². The van der Waals surface area contributed by atoms with Gasteiger partial charge < -0.3 is 77.0 Å². The standard InChI is InChI=1S/C28H53N5O18/c1-29-27(50)14(7-16(36)23(46)25(48)18(38)12-34)32(10-21(42)43)5-3-31(9-20(40)41)4-6-33(11-22(44)45)15(28(51)30-2)8-17(37)24(47)26(49)19(39)13-35/h14-19,23-26,34-39,46-49H,3-13H2,1-2H3,(H,29,50)(H,30,51)(H,40,41)(H,42,43)(H,44,45). The number of hydrogen-bond donors (Lipinski definition) is 15. The molecule has 0 aromatic heterocycles. The monoisotopic (exact) mass is 747 g/mol. The predicted molar refractivity (Wildman–Crippen MR) is 170 cm³/mol. The van der Waals surface area contributed by atoms with Gasteiger partial charge in [0.15, 0.2) is 0 Å². The second-order valence-electron chi connectivity index (χ2n) is 11.7. The highest BCUT2D eigenvalue weighted by Crippen LogP contribution is 2.17. The van der Waals surface area contributed by atoms with Crippen molar-refractivity contribution in [1.82, 2.24) is 25.3 Å². The molecule has 0 aliphatic heterocycles. The highest BCUT2D eigenvalue weighted by atomic mass is 16.4. The molecule has 15 N–H and O–H groups in total. The van der Waals surface area contributed by atoms with Crippen LogP contribution in [-0.4, -0.2) is 245 Å². The number of carboxylic acid groups (broad SMARTS) is 3. The number of nitrogens with one attached hydrogen (secondary N) is 2. The van der Waals surface area contributed by atoms with Gasteiger partial charge in [-0.25, -0.2) is 0 Å². The maximum atomic E-state index is 12.8. The van der Waals surface area contributed by atoms with Gasteiger partial charge in [-0.2, -0.15) is 0 Å². The molecule has 0 aromatic carbocycles. The van der Waals surface area contributed by atoms with E-state index in [4.69, 9.17) is 10.2 Å². The maximum Gasteiger partial charge on any atom is 0.317 e. The number of amides is 2. The normalized spacial score (nSPS) is 17.9. The minimum Gasteiger partial charge on any atom is -0.480 e. The predicted octanol–water partition coefficient (Wildman–Crippen LogP) is -8.97. The third-order valence-electron chi connectivity index (χ3n) is 8.00. The molecule has 0 fully saturated rings. The minimum atomic E-state index is -2.09. The Morgan fingerprint density at radius 3 is 1.04 bits per heavy atom. The summed E-state index contributed by atoms with van der Waals surface area (Å²) >= 11 is 0. The lowest BCUT2D eigenvalue weighted by molar-refractivity contribution is -0.144. The van der Waals surface area contributed by atoms with Gasteiger partial charge >= 0.3 is 17.9 Å². The van der Waals surface area contributed by atoms with E-state index in [2.05, 4.69) is 10.6 Å². The lowest BCUT2D eigenvalue weighted by atomic mass is 9.96. The van der Waals surface area contributed by atoms with Crippen LogP contribution in [0.3, 0.4) is 0 Å². The first-order valence-electron chi connectivity index (χ1n) is 15.7. The summed E-state index contributed by atoms with van der Waals surface area (Å²) in [6.45, 7) is -5.84. The Balaban J connectivity index is 6.29. The molecule has 0 aliphatic carbocycles. The molecular formula is C28H53N5O18. The van der Waals surface area contributed by atoms with Crippen molar-refractivity contribution in [2.45, 2.75) is 73.8 Å². The van der Waals surface area contributed by atoms with Gasteiger partial charge in [-0.15, -0.1) is 0 Å². The number of rotatable bonds is 28. The minimum absolute atomic E-state index is 0.324. The second-order valence-corrected chi connectivity index (χ2v) is 11.7. The van der Waals surface area contributed by atoms with Crippen LogP contribution < -0.4 is 10.6 Å². The van der Waals surface area contributed by atoms with Crippen molar-refractivity contribution in [2.75, 3.05) is 73.1 Å². The van der Waals surface area contributed by atoms with Crippen molar-refractivity contribution in [1.29, 1.82) is 0 Å². The second kappa shape index (κ2) is 24.1. The number of carboxylic acids is 3. The molecule has 0 saturated heterocycles. The topological polar surface area (TPSA) is 382 Å². The Bertz CT molecular complexity index is 1020. The van der Waals surface area contributed by atoms with Gasteiger partial charge in [0.2, 0.25) is 11.8 Å². The number of carbonyl (C=O) groups excluding carboxylic acids is 2. The fourth-order valence-electron chi connectivity index (χ4n) is 5.08. The van der Waals surface area contributed by atoms with Crippen LogP contribution in [0, 0.1) is 0 Å². The zero-order valence-corrected chi connectivity index (χ0v) is 28.2. The smallest absolute Gasteiger partial charge is 0.317 e. The Labute approximate surface area is 292 Å². The summed E-state index contributed by atoms with van der Waals surface area (Å²) in [5, 5.41) is 132. The molecule has 0 spiro atoms. The van der Waals surface area contributed by atoms with E-state index in [1.807, 2.05) is 0 Å². The average molecular weight is 748 g/mol. The quantitative estimate of drug-likeness (QED) is 0.0353.